The van der Waals surface area contributed by atoms with Crippen LogP contribution in [0.15, 0.2) is 67.3 Å². The molecule has 2 amide bonds. The number of halogens is 2. The highest BCUT2D eigenvalue weighted by molar-refractivity contribution is 6.02. The highest BCUT2D eigenvalue weighted by Crippen LogP contribution is 2.37. The summed E-state index contributed by atoms with van der Waals surface area (Å²) in [5.41, 5.74) is 1.38. The number of anilines is 2. The van der Waals surface area contributed by atoms with Gasteiger partial charge in [-0.3, -0.25) is 4.57 Å². The fraction of sp³-hybridized carbons (Fsp3) is 0.0476. The van der Waals surface area contributed by atoms with E-state index in [0.29, 0.717) is 11.3 Å². The van der Waals surface area contributed by atoms with Crippen molar-refractivity contribution in [3.63, 3.8) is 0 Å². The summed E-state index contributed by atoms with van der Waals surface area (Å²) in [5.74, 6) is -1.41. The Morgan fingerprint density at radius 1 is 0.967 bits per heavy atom. The molecule has 0 spiro atoms. The summed E-state index contributed by atoms with van der Waals surface area (Å²) in [6.07, 6.45) is 4.72. The van der Waals surface area contributed by atoms with Crippen LogP contribution < -0.4 is 10.2 Å². The molecule has 0 atom stereocenters. The Kier molecular flexibility index (Phi) is 4.20. The molecule has 2 aromatic heterocycles. The SMILES string of the molecule is O=C1NCc2c(-c3ccccc3)nc(-n3ccnc3)nc2N1c1c(F)cccc1F. The number of amides is 2. The van der Waals surface area contributed by atoms with Gasteiger partial charge in [0, 0.05) is 23.5 Å². The molecular formula is C21H14F2N6O. The molecule has 30 heavy (non-hydrogen) atoms. The Morgan fingerprint density at radius 2 is 1.73 bits per heavy atom. The molecule has 0 radical (unpaired) electrons. The molecule has 2 aromatic carbocycles. The van der Waals surface area contributed by atoms with E-state index in [-0.39, 0.29) is 18.3 Å². The molecule has 0 fully saturated rings. The third-order valence-electron chi connectivity index (χ3n) is 4.75. The van der Waals surface area contributed by atoms with Crippen molar-refractivity contribution in [1.29, 1.82) is 0 Å². The summed E-state index contributed by atoms with van der Waals surface area (Å²) in [6, 6.07) is 12.1. The molecule has 0 bridgehead atoms. The first kappa shape index (κ1) is 17.9. The molecule has 0 saturated heterocycles. The molecule has 9 heteroatoms. The standard InChI is InChI=1S/C21H14F2N6O/c22-15-7-4-8-16(23)18(15)29-19-14(11-25-21(29)30)17(13-5-2-1-3-6-13)26-20(27-19)28-10-9-24-12-28/h1-10,12H,11H2,(H,25,30). The number of urea groups is 1. The van der Waals surface area contributed by atoms with Gasteiger partial charge in [0.05, 0.1) is 12.2 Å². The van der Waals surface area contributed by atoms with Gasteiger partial charge in [0.25, 0.3) is 0 Å². The van der Waals surface area contributed by atoms with E-state index in [1.807, 2.05) is 30.3 Å². The number of hydrogen-bond acceptors (Lipinski definition) is 4. The number of para-hydroxylation sites is 1. The van der Waals surface area contributed by atoms with Crippen LogP contribution in [0.3, 0.4) is 0 Å². The largest absolute Gasteiger partial charge is 0.333 e. The van der Waals surface area contributed by atoms with E-state index in [4.69, 9.17) is 0 Å². The second kappa shape index (κ2) is 7.03. The lowest BCUT2D eigenvalue weighted by Gasteiger charge is -2.30. The zero-order valence-electron chi connectivity index (χ0n) is 15.5. The van der Waals surface area contributed by atoms with Gasteiger partial charge in [-0.15, -0.1) is 0 Å². The van der Waals surface area contributed by atoms with Crippen molar-refractivity contribution < 1.29 is 13.6 Å². The topological polar surface area (TPSA) is 75.9 Å². The number of fused-ring (bicyclic) bond motifs is 1. The highest BCUT2D eigenvalue weighted by Gasteiger charge is 2.34. The number of imidazole rings is 1. The van der Waals surface area contributed by atoms with Crippen LogP contribution in [-0.2, 0) is 6.54 Å². The Labute approximate surface area is 169 Å². The Bertz CT molecular complexity index is 1220. The van der Waals surface area contributed by atoms with Crippen molar-refractivity contribution >= 4 is 17.5 Å². The Hall–Kier alpha value is -4.14. The van der Waals surface area contributed by atoms with Crippen molar-refractivity contribution in [2.45, 2.75) is 6.54 Å². The molecule has 5 rings (SSSR count). The number of carbonyl (C=O) groups excluding carboxylic acids is 1. The maximum Gasteiger partial charge on any atom is 0.328 e. The molecule has 1 aliphatic rings. The average molecular weight is 404 g/mol. The number of carbonyl (C=O) groups is 1. The summed E-state index contributed by atoms with van der Waals surface area (Å²) in [4.78, 5) is 26.7. The van der Waals surface area contributed by atoms with Gasteiger partial charge in [-0.2, -0.15) is 4.98 Å². The van der Waals surface area contributed by atoms with Crippen molar-refractivity contribution in [2.75, 3.05) is 4.90 Å². The predicted octanol–water partition coefficient (Wildman–Crippen LogP) is 3.97. The van der Waals surface area contributed by atoms with Crippen LogP contribution in [0, 0.1) is 11.6 Å². The molecule has 4 aromatic rings. The lowest BCUT2D eigenvalue weighted by atomic mass is 10.0. The number of nitrogens with one attached hydrogen (secondary N) is 1. The first-order chi connectivity index (χ1) is 14.6. The maximum atomic E-state index is 14.6. The predicted molar refractivity (Wildman–Crippen MR) is 105 cm³/mol. The highest BCUT2D eigenvalue weighted by atomic mass is 19.1. The zero-order valence-corrected chi connectivity index (χ0v) is 15.5. The number of rotatable bonds is 3. The molecule has 0 unspecified atom stereocenters. The quantitative estimate of drug-likeness (QED) is 0.561. The fourth-order valence-electron chi connectivity index (χ4n) is 3.39. The van der Waals surface area contributed by atoms with Gasteiger partial charge in [0.1, 0.15) is 23.6 Å². The van der Waals surface area contributed by atoms with Crippen molar-refractivity contribution in [3.05, 3.63) is 84.4 Å². The first-order valence-corrected chi connectivity index (χ1v) is 9.10. The summed E-state index contributed by atoms with van der Waals surface area (Å²) in [5, 5.41) is 2.66. The number of nitrogens with zero attached hydrogens (tertiary/aromatic N) is 5. The van der Waals surface area contributed by atoms with Crippen LogP contribution in [-0.4, -0.2) is 25.6 Å². The minimum Gasteiger partial charge on any atom is -0.333 e. The van der Waals surface area contributed by atoms with Gasteiger partial charge in [-0.1, -0.05) is 36.4 Å². The Balaban J connectivity index is 1.81. The molecule has 1 N–H and O–H groups in total. The van der Waals surface area contributed by atoms with Crippen LogP contribution in [0.1, 0.15) is 5.56 Å². The third-order valence-corrected chi connectivity index (χ3v) is 4.75. The monoisotopic (exact) mass is 404 g/mol. The lowest BCUT2D eigenvalue weighted by molar-refractivity contribution is 0.246. The van der Waals surface area contributed by atoms with Gasteiger partial charge in [0.15, 0.2) is 5.82 Å². The molecule has 148 valence electrons. The van der Waals surface area contributed by atoms with Crippen molar-refractivity contribution in [1.82, 2.24) is 24.8 Å². The smallest absolute Gasteiger partial charge is 0.328 e. The molecular weight excluding hydrogens is 390 g/mol. The van der Waals surface area contributed by atoms with Crippen LogP contribution in [0.4, 0.5) is 25.1 Å². The third kappa shape index (κ3) is 2.87. The second-order valence-corrected chi connectivity index (χ2v) is 6.57. The number of hydrogen-bond donors (Lipinski definition) is 1. The van der Waals surface area contributed by atoms with Gasteiger partial charge >= 0.3 is 6.03 Å². The number of aromatic nitrogens is 4. The van der Waals surface area contributed by atoms with E-state index in [1.165, 1.54) is 12.4 Å². The summed E-state index contributed by atoms with van der Waals surface area (Å²) in [6.45, 7) is 0.120. The van der Waals surface area contributed by atoms with Crippen molar-refractivity contribution in [2.24, 2.45) is 0 Å². The molecule has 7 nitrogen and oxygen atoms in total. The summed E-state index contributed by atoms with van der Waals surface area (Å²) < 4.78 is 30.7. The molecule has 0 saturated carbocycles. The average Bonchev–Trinajstić information content (AvgIpc) is 3.30. The molecule has 3 heterocycles. The van der Waals surface area contributed by atoms with Gasteiger partial charge in [0.2, 0.25) is 5.95 Å². The van der Waals surface area contributed by atoms with Crippen LogP contribution in [0.25, 0.3) is 17.2 Å². The summed E-state index contributed by atoms with van der Waals surface area (Å²) >= 11 is 0. The van der Waals surface area contributed by atoms with Gasteiger partial charge in [-0.05, 0) is 12.1 Å². The van der Waals surface area contributed by atoms with Gasteiger partial charge < -0.3 is 5.32 Å². The van der Waals surface area contributed by atoms with E-state index in [0.717, 1.165) is 22.6 Å². The minimum absolute atomic E-state index is 0.111. The van der Waals surface area contributed by atoms with Crippen molar-refractivity contribution in [3.8, 4) is 17.2 Å². The van der Waals surface area contributed by atoms with E-state index in [2.05, 4.69) is 20.3 Å². The Morgan fingerprint density at radius 3 is 2.43 bits per heavy atom. The van der Waals surface area contributed by atoms with Gasteiger partial charge in [-0.25, -0.2) is 28.4 Å². The second-order valence-electron chi connectivity index (χ2n) is 6.57. The van der Waals surface area contributed by atoms with E-state index >= 15 is 0 Å². The molecule has 1 aliphatic heterocycles. The van der Waals surface area contributed by atoms with E-state index in [9.17, 15) is 13.6 Å². The minimum atomic E-state index is -0.873. The number of benzene rings is 2. The summed E-state index contributed by atoms with van der Waals surface area (Å²) in [7, 11) is 0. The molecule has 0 aliphatic carbocycles. The normalized spacial score (nSPS) is 13.1. The van der Waals surface area contributed by atoms with E-state index in [1.54, 1.807) is 17.0 Å². The zero-order chi connectivity index (χ0) is 20.7. The lowest BCUT2D eigenvalue weighted by Crippen LogP contribution is -2.43. The van der Waals surface area contributed by atoms with Crippen LogP contribution in [0.5, 0.6) is 0 Å². The first-order valence-electron chi connectivity index (χ1n) is 9.10. The van der Waals surface area contributed by atoms with Crippen LogP contribution in [0.2, 0.25) is 0 Å². The fourth-order valence-corrected chi connectivity index (χ4v) is 3.39. The van der Waals surface area contributed by atoms with Crippen LogP contribution >= 0.6 is 0 Å². The van der Waals surface area contributed by atoms with E-state index < -0.39 is 23.4 Å². The maximum absolute atomic E-state index is 14.6.